The Kier molecular flexibility index (Phi) is 5.99. The molecule has 1 amide bonds. The van der Waals surface area contributed by atoms with Gasteiger partial charge in [-0.05, 0) is 56.0 Å². The Balaban J connectivity index is 1.68. The largest absolute Gasteiger partial charge is 0.416 e. The predicted octanol–water partition coefficient (Wildman–Crippen LogP) is 5.17. The molecule has 1 saturated heterocycles. The van der Waals surface area contributed by atoms with Crippen LogP contribution in [-0.4, -0.2) is 38.8 Å². The number of rotatable bonds is 4. The van der Waals surface area contributed by atoms with E-state index in [0.717, 1.165) is 18.1 Å². The number of hydrogen-bond acceptors (Lipinski definition) is 5. The van der Waals surface area contributed by atoms with Crippen LogP contribution in [0.5, 0.6) is 0 Å². The molecule has 9 heteroatoms. The molecule has 0 saturated carbocycles. The number of aromatic nitrogens is 3. The summed E-state index contributed by atoms with van der Waals surface area (Å²) in [7, 11) is 0. The summed E-state index contributed by atoms with van der Waals surface area (Å²) in [4.78, 5) is 27.0. The number of carbonyl (C=O) groups excluding carboxylic acids is 1. The lowest BCUT2D eigenvalue weighted by atomic mass is 9.97. The third-order valence-corrected chi connectivity index (χ3v) is 6.29. The van der Waals surface area contributed by atoms with Gasteiger partial charge in [-0.3, -0.25) is 4.79 Å². The lowest BCUT2D eigenvalue weighted by molar-refractivity contribution is -0.138. The molecule has 4 rings (SSSR count). The standard InChI is InChI=1S/C24H26F3N5O/c1-13-19(6-5-7-21(13)24(25,26)27)14(2)29-23-20-10-18(11-28-22(20)30-15(3)31-23)17-8-9-32(12-17)16(4)33/h5-7,10-11,14,17H,8-9,12H2,1-4H3,(H,28,29,30,31). The van der Waals surface area contributed by atoms with Crippen molar-refractivity contribution in [3.05, 3.63) is 58.5 Å². The average molecular weight is 458 g/mol. The van der Waals surface area contributed by atoms with E-state index in [1.165, 1.54) is 13.0 Å². The van der Waals surface area contributed by atoms with Gasteiger partial charge in [0, 0.05) is 32.1 Å². The van der Waals surface area contributed by atoms with Crippen molar-refractivity contribution in [2.45, 2.75) is 52.3 Å². The second kappa shape index (κ2) is 8.61. The highest BCUT2D eigenvalue weighted by molar-refractivity contribution is 5.87. The molecule has 1 fully saturated rings. The lowest BCUT2D eigenvalue weighted by Crippen LogP contribution is -2.25. The Labute approximate surface area is 190 Å². The van der Waals surface area contributed by atoms with Crippen molar-refractivity contribution in [1.29, 1.82) is 0 Å². The number of hydrogen-bond donors (Lipinski definition) is 1. The fourth-order valence-electron chi connectivity index (χ4n) is 4.50. The summed E-state index contributed by atoms with van der Waals surface area (Å²) in [5, 5.41) is 3.99. The molecule has 0 aliphatic carbocycles. The highest BCUT2D eigenvalue weighted by Gasteiger charge is 2.33. The van der Waals surface area contributed by atoms with Crippen molar-refractivity contribution >= 4 is 22.8 Å². The van der Waals surface area contributed by atoms with Crippen LogP contribution in [0.3, 0.4) is 0 Å². The van der Waals surface area contributed by atoms with E-state index in [0.29, 0.717) is 41.3 Å². The minimum Gasteiger partial charge on any atom is -0.363 e. The number of nitrogens with zero attached hydrogens (tertiary/aromatic N) is 4. The molecular formula is C24H26F3N5O. The molecule has 2 unspecified atom stereocenters. The van der Waals surface area contributed by atoms with Gasteiger partial charge in [0.25, 0.3) is 0 Å². The van der Waals surface area contributed by atoms with Gasteiger partial charge in [-0.25, -0.2) is 15.0 Å². The molecule has 3 aromatic rings. The van der Waals surface area contributed by atoms with E-state index in [1.807, 2.05) is 17.9 Å². The highest BCUT2D eigenvalue weighted by Crippen LogP contribution is 2.36. The summed E-state index contributed by atoms with van der Waals surface area (Å²) in [6, 6.07) is 5.76. The summed E-state index contributed by atoms with van der Waals surface area (Å²) < 4.78 is 40.1. The van der Waals surface area contributed by atoms with Gasteiger partial charge in [0.05, 0.1) is 17.0 Å². The zero-order valence-electron chi connectivity index (χ0n) is 19.0. The average Bonchev–Trinajstić information content (AvgIpc) is 3.23. The number of aryl methyl sites for hydroxylation is 1. The highest BCUT2D eigenvalue weighted by atomic mass is 19.4. The van der Waals surface area contributed by atoms with Gasteiger partial charge in [-0.15, -0.1) is 0 Å². The smallest absolute Gasteiger partial charge is 0.363 e. The predicted molar refractivity (Wildman–Crippen MR) is 120 cm³/mol. The molecule has 2 atom stereocenters. The van der Waals surface area contributed by atoms with E-state index in [9.17, 15) is 18.0 Å². The fraction of sp³-hybridized carbons (Fsp3) is 0.417. The number of nitrogens with one attached hydrogen (secondary N) is 1. The molecule has 1 aliphatic rings. The van der Waals surface area contributed by atoms with Crippen LogP contribution < -0.4 is 5.32 Å². The Bertz CT molecular complexity index is 1210. The monoisotopic (exact) mass is 457 g/mol. The number of alkyl halides is 3. The molecule has 1 N–H and O–H groups in total. The van der Waals surface area contributed by atoms with E-state index >= 15 is 0 Å². The third-order valence-electron chi connectivity index (χ3n) is 6.29. The topological polar surface area (TPSA) is 71.0 Å². The van der Waals surface area contributed by atoms with Gasteiger partial charge in [-0.2, -0.15) is 13.2 Å². The summed E-state index contributed by atoms with van der Waals surface area (Å²) in [5.41, 5.74) is 1.60. The molecule has 3 heterocycles. The van der Waals surface area contributed by atoms with Crippen molar-refractivity contribution in [2.75, 3.05) is 18.4 Å². The van der Waals surface area contributed by atoms with Gasteiger partial charge in [-0.1, -0.05) is 12.1 Å². The molecular weight excluding hydrogens is 431 g/mol. The van der Waals surface area contributed by atoms with Gasteiger partial charge < -0.3 is 10.2 Å². The maximum atomic E-state index is 13.4. The number of carbonyl (C=O) groups is 1. The van der Waals surface area contributed by atoms with Crippen molar-refractivity contribution < 1.29 is 18.0 Å². The molecule has 1 aliphatic heterocycles. The van der Waals surface area contributed by atoms with E-state index in [2.05, 4.69) is 20.3 Å². The lowest BCUT2D eigenvalue weighted by Gasteiger charge is -2.21. The molecule has 1 aromatic carbocycles. The first kappa shape index (κ1) is 22.9. The van der Waals surface area contributed by atoms with Crippen LogP contribution >= 0.6 is 0 Å². The zero-order chi connectivity index (χ0) is 23.9. The Morgan fingerprint density at radius 3 is 2.67 bits per heavy atom. The zero-order valence-corrected chi connectivity index (χ0v) is 19.0. The minimum absolute atomic E-state index is 0.0536. The quantitative estimate of drug-likeness (QED) is 0.585. The first-order valence-corrected chi connectivity index (χ1v) is 10.9. The number of fused-ring (bicyclic) bond motifs is 1. The SMILES string of the molecule is CC(=O)N1CCC(c2cnc3nc(C)nc(NC(C)c4cccc(C(F)(F)F)c4C)c3c2)C1. The molecule has 174 valence electrons. The third kappa shape index (κ3) is 4.62. The number of anilines is 1. The number of amides is 1. The van der Waals surface area contributed by atoms with Crippen molar-refractivity contribution in [2.24, 2.45) is 0 Å². The van der Waals surface area contributed by atoms with Crippen LogP contribution in [0, 0.1) is 13.8 Å². The van der Waals surface area contributed by atoms with Crippen LogP contribution in [0.25, 0.3) is 11.0 Å². The van der Waals surface area contributed by atoms with Crippen LogP contribution in [0.2, 0.25) is 0 Å². The van der Waals surface area contributed by atoms with Gasteiger partial charge in [0.2, 0.25) is 5.91 Å². The van der Waals surface area contributed by atoms with Crippen molar-refractivity contribution in [1.82, 2.24) is 19.9 Å². The van der Waals surface area contributed by atoms with E-state index in [4.69, 9.17) is 0 Å². The van der Waals surface area contributed by atoms with Crippen LogP contribution in [0.4, 0.5) is 19.0 Å². The first-order valence-electron chi connectivity index (χ1n) is 10.9. The Hall–Kier alpha value is -3.23. The molecule has 33 heavy (non-hydrogen) atoms. The molecule has 0 bridgehead atoms. The second-order valence-corrected chi connectivity index (χ2v) is 8.59. The van der Waals surface area contributed by atoms with Gasteiger partial charge in [0.15, 0.2) is 5.65 Å². The molecule has 6 nitrogen and oxygen atoms in total. The van der Waals surface area contributed by atoms with Crippen LogP contribution in [0.1, 0.15) is 60.3 Å². The number of benzene rings is 1. The normalized spacial score (nSPS) is 17.4. The molecule has 0 radical (unpaired) electrons. The van der Waals surface area contributed by atoms with E-state index < -0.39 is 17.8 Å². The Morgan fingerprint density at radius 1 is 1.24 bits per heavy atom. The number of halogens is 3. The maximum Gasteiger partial charge on any atom is 0.416 e. The van der Waals surface area contributed by atoms with Crippen LogP contribution in [0.15, 0.2) is 30.5 Å². The molecule has 2 aromatic heterocycles. The van der Waals surface area contributed by atoms with Gasteiger partial charge >= 0.3 is 6.18 Å². The maximum absolute atomic E-state index is 13.4. The van der Waals surface area contributed by atoms with Gasteiger partial charge in [0.1, 0.15) is 11.6 Å². The summed E-state index contributed by atoms with van der Waals surface area (Å²) in [6.45, 7) is 7.96. The van der Waals surface area contributed by atoms with Crippen molar-refractivity contribution in [3.63, 3.8) is 0 Å². The molecule has 0 spiro atoms. The second-order valence-electron chi connectivity index (χ2n) is 8.59. The Morgan fingerprint density at radius 2 is 2.00 bits per heavy atom. The number of pyridine rings is 1. The summed E-state index contributed by atoms with van der Waals surface area (Å²) in [5.74, 6) is 1.26. The minimum atomic E-state index is -4.41. The summed E-state index contributed by atoms with van der Waals surface area (Å²) in [6.07, 6.45) is -1.78. The number of likely N-dealkylation sites (tertiary alicyclic amines) is 1. The fourth-order valence-corrected chi connectivity index (χ4v) is 4.50. The summed E-state index contributed by atoms with van der Waals surface area (Å²) >= 11 is 0. The van der Waals surface area contributed by atoms with Crippen LogP contribution in [-0.2, 0) is 11.0 Å². The van der Waals surface area contributed by atoms with E-state index in [-0.39, 0.29) is 17.4 Å². The van der Waals surface area contributed by atoms with E-state index in [1.54, 1.807) is 26.1 Å². The van der Waals surface area contributed by atoms with Crippen molar-refractivity contribution in [3.8, 4) is 0 Å². The first-order chi connectivity index (χ1) is 15.5.